The first-order chi connectivity index (χ1) is 13.6. The lowest BCUT2D eigenvalue weighted by atomic mass is 9.86. The Morgan fingerprint density at radius 3 is 2.90 bits per heavy atom. The molecule has 0 fully saturated rings. The minimum Gasteiger partial charge on any atom is -0.369 e. The molecule has 0 spiro atoms. The summed E-state index contributed by atoms with van der Waals surface area (Å²) in [5.41, 5.74) is 16.2. The molecule has 12 heteroatoms. The van der Waals surface area contributed by atoms with Crippen molar-refractivity contribution in [1.29, 1.82) is 0 Å². The number of fused-ring (bicyclic) bond motifs is 2. The summed E-state index contributed by atoms with van der Waals surface area (Å²) in [6, 6.07) is 5.30. The highest BCUT2D eigenvalue weighted by Gasteiger charge is 2.37. The molecule has 6 N–H and O–H groups in total. The van der Waals surface area contributed by atoms with Crippen LogP contribution >= 0.6 is 22.9 Å². The van der Waals surface area contributed by atoms with Crippen LogP contribution in [0.25, 0.3) is 4.96 Å². The Morgan fingerprint density at radius 2 is 2.17 bits per heavy atom. The van der Waals surface area contributed by atoms with Crippen molar-refractivity contribution in [2.24, 2.45) is 16.6 Å². The van der Waals surface area contributed by atoms with Gasteiger partial charge in [-0.25, -0.2) is 4.98 Å². The van der Waals surface area contributed by atoms with E-state index in [9.17, 15) is 8.42 Å². The smallest absolute Gasteiger partial charge is 0.281 e. The second kappa shape index (κ2) is 6.78. The SMILES string of the molecule is CC1(C)CC(NN=C(N)N)c2cc(NS(=O)(=O)c3c(Cl)nc4sccn34)ccc21. The van der Waals surface area contributed by atoms with Crippen molar-refractivity contribution in [3.63, 3.8) is 0 Å². The Balaban J connectivity index is 1.70. The molecule has 0 radical (unpaired) electrons. The lowest BCUT2D eigenvalue weighted by Gasteiger charge is -2.19. The molecule has 0 saturated heterocycles. The summed E-state index contributed by atoms with van der Waals surface area (Å²) in [6.07, 6.45) is 2.38. The number of sulfonamides is 1. The summed E-state index contributed by atoms with van der Waals surface area (Å²) in [4.78, 5) is 4.60. The average molecular weight is 454 g/mol. The first-order valence-corrected chi connectivity index (χ1v) is 11.4. The third-order valence-corrected chi connectivity index (χ3v) is 7.44. The summed E-state index contributed by atoms with van der Waals surface area (Å²) in [6.45, 7) is 4.23. The van der Waals surface area contributed by atoms with E-state index in [2.05, 4.69) is 34.1 Å². The number of nitrogens with zero attached hydrogens (tertiary/aromatic N) is 3. The number of guanidine groups is 1. The van der Waals surface area contributed by atoms with Crippen LogP contribution in [0, 0.1) is 0 Å². The predicted octanol–water partition coefficient (Wildman–Crippen LogP) is 2.35. The maximum absolute atomic E-state index is 13.0. The zero-order chi connectivity index (χ0) is 21.0. The van der Waals surface area contributed by atoms with Crippen LogP contribution in [-0.4, -0.2) is 23.8 Å². The van der Waals surface area contributed by atoms with Gasteiger partial charge in [-0.2, -0.15) is 8.42 Å². The first-order valence-electron chi connectivity index (χ1n) is 8.71. The molecule has 29 heavy (non-hydrogen) atoms. The molecule has 9 nitrogen and oxygen atoms in total. The molecule has 0 amide bonds. The standard InChI is InChI=1S/C17H20ClN7O2S2/c1-17(2)8-12(22-23-15(19)20)10-7-9(3-4-11(10)17)24-29(26,27)14-13(18)21-16-25(14)5-6-28-16/h3-7,12,22,24H,8H2,1-2H3,(H4,19,20,23). The van der Waals surface area contributed by atoms with Crippen molar-refractivity contribution in [2.75, 3.05) is 4.72 Å². The molecular weight excluding hydrogens is 434 g/mol. The average Bonchev–Trinajstić information content (AvgIpc) is 3.23. The van der Waals surface area contributed by atoms with Gasteiger partial charge in [-0.05, 0) is 35.1 Å². The molecule has 3 aromatic rings. The van der Waals surface area contributed by atoms with Crippen LogP contribution in [0.5, 0.6) is 0 Å². The molecule has 1 aromatic carbocycles. The third kappa shape index (κ3) is 3.49. The maximum Gasteiger partial charge on any atom is 0.281 e. The van der Waals surface area contributed by atoms with E-state index in [1.165, 1.54) is 15.7 Å². The Bertz CT molecular complexity index is 1230. The van der Waals surface area contributed by atoms with E-state index in [0.717, 1.165) is 17.5 Å². The predicted molar refractivity (Wildman–Crippen MR) is 115 cm³/mol. The number of nitrogens with one attached hydrogen (secondary N) is 2. The van der Waals surface area contributed by atoms with Gasteiger partial charge in [0.05, 0.1) is 6.04 Å². The second-order valence-electron chi connectivity index (χ2n) is 7.48. The minimum atomic E-state index is -3.95. The van der Waals surface area contributed by atoms with Gasteiger partial charge in [-0.1, -0.05) is 31.5 Å². The Kier molecular flexibility index (Phi) is 4.63. The molecule has 1 unspecified atom stereocenters. The Labute approximate surface area is 176 Å². The second-order valence-corrected chi connectivity index (χ2v) is 10.3. The van der Waals surface area contributed by atoms with Gasteiger partial charge < -0.3 is 11.5 Å². The topological polar surface area (TPSA) is 140 Å². The normalized spacial score (nSPS) is 17.8. The highest BCUT2D eigenvalue weighted by atomic mass is 35.5. The molecule has 4 rings (SSSR count). The van der Waals surface area contributed by atoms with E-state index in [-0.39, 0.29) is 27.6 Å². The van der Waals surface area contributed by atoms with Gasteiger partial charge in [0.15, 0.2) is 15.1 Å². The fraction of sp³-hybridized carbons (Fsp3) is 0.294. The summed E-state index contributed by atoms with van der Waals surface area (Å²) in [5.74, 6) is -0.0664. The number of hydrogen-bond acceptors (Lipinski definition) is 6. The fourth-order valence-electron chi connectivity index (χ4n) is 3.71. The van der Waals surface area contributed by atoms with E-state index in [0.29, 0.717) is 10.6 Å². The maximum atomic E-state index is 13.0. The molecule has 1 aliphatic rings. The van der Waals surface area contributed by atoms with E-state index >= 15 is 0 Å². The van der Waals surface area contributed by atoms with Gasteiger partial charge >= 0.3 is 0 Å². The van der Waals surface area contributed by atoms with Crippen LogP contribution in [0.2, 0.25) is 5.15 Å². The number of hydrazone groups is 1. The van der Waals surface area contributed by atoms with Crippen molar-refractivity contribution >= 4 is 49.6 Å². The van der Waals surface area contributed by atoms with Crippen LogP contribution < -0.4 is 21.6 Å². The zero-order valence-electron chi connectivity index (χ0n) is 15.7. The van der Waals surface area contributed by atoms with Crippen molar-refractivity contribution in [3.8, 4) is 0 Å². The molecule has 2 aromatic heterocycles. The van der Waals surface area contributed by atoms with Crippen molar-refractivity contribution in [2.45, 2.75) is 36.8 Å². The van der Waals surface area contributed by atoms with Gasteiger partial charge in [-0.15, -0.1) is 16.4 Å². The molecule has 0 saturated carbocycles. The molecule has 0 bridgehead atoms. The van der Waals surface area contributed by atoms with Crippen LogP contribution in [0.1, 0.15) is 37.4 Å². The summed E-state index contributed by atoms with van der Waals surface area (Å²) in [5, 5.41) is 5.49. The summed E-state index contributed by atoms with van der Waals surface area (Å²) >= 11 is 7.39. The number of rotatable bonds is 5. The largest absolute Gasteiger partial charge is 0.369 e. The van der Waals surface area contributed by atoms with Crippen LogP contribution in [0.15, 0.2) is 39.9 Å². The van der Waals surface area contributed by atoms with Crippen molar-refractivity contribution in [3.05, 3.63) is 46.1 Å². The highest BCUT2D eigenvalue weighted by molar-refractivity contribution is 7.92. The number of benzene rings is 1. The van der Waals surface area contributed by atoms with Crippen molar-refractivity contribution < 1.29 is 8.42 Å². The van der Waals surface area contributed by atoms with Crippen LogP contribution in [0.3, 0.4) is 0 Å². The monoisotopic (exact) mass is 453 g/mol. The Hall–Kier alpha value is -2.50. The van der Waals surface area contributed by atoms with Gasteiger partial charge in [0.1, 0.15) is 0 Å². The number of nitrogens with two attached hydrogens (primary N) is 2. The third-order valence-electron chi connectivity index (χ3n) is 4.91. The van der Waals surface area contributed by atoms with E-state index in [4.69, 9.17) is 23.1 Å². The highest BCUT2D eigenvalue weighted by Crippen LogP contribution is 2.45. The number of hydrogen-bond donors (Lipinski definition) is 4. The van der Waals surface area contributed by atoms with Crippen LogP contribution in [-0.2, 0) is 15.4 Å². The minimum absolute atomic E-state index is 0.0664. The molecule has 1 atom stereocenters. The molecule has 0 aliphatic heterocycles. The first kappa shape index (κ1) is 19.8. The van der Waals surface area contributed by atoms with Crippen LogP contribution in [0.4, 0.5) is 5.69 Å². The summed E-state index contributed by atoms with van der Waals surface area (Å²) in [7, 11) is -3.95. The number of imidazole rings is 1. The fourth-order valence-corrected chi connectivity index (χ4v) is 6.22. The lowest BCUT2D eigenvalue weighted by Crippen LogP contribution is -2.28. The van der Waals surface area contributed by atoms with E-state index in [1.54, 1.807) is 23.7 Å². The van der Waals surface area contributed by atoms with Gasteiger partial charge in [-0.3, -0.25) is 14.5 Å². The number of anilines is 1. The van der Waals surface area contributed by atoms with Gasteiger partial charge in [0.2, 0.25) is 5.96 Å². The quantitative estimate of drug-likeness (QED) is 0.265. The molecule has 2 heterocycles. The zero-order valence-corrected chi connectivity index (χ0v) is 18.1. The number of halogens is 1. The number of thiazole rings is 1. The van der Waals surface area contributed by atoms with Gasteiger partial charge in [0, 0.05) is 17.3 Å². The molecule has 154 valence electrons. The molecule has 1 aliphatic carbocycles. The van der Waals surface area contributed by atoms with E-state index < -0.39 is 10.0 Å². The van der Waals surface area contributed by atoms with E-state index in [1.807, 2.05) is 6.07 Å². The Morgan fingerprint density at radius 1 is 1.41 bits per heavy atom. The number of aromatic nitrogens is 2. The summed E-state index contributed by atoms with van der Waals surface area (Å²) < 4.78 is 30.1. The molecular formula is C17H20ClN7O2S2. The van der Waals surface area contributed by atoms with Gasteiger partial charge in [0.25, 0.3) is 10.0 Å². The van der Waals surface area contributed by atoms with Crippen molar-refractivity contribution in [1.82, 2.24) is 14.8 Å². The lowest BCUT2D eigenvalue weighted by molar-refractivity contribution is 0.434.